The van der Waals surface area contributed by atoms with Gasteiger partial charge in [-0.15, -0.1) is 11.8 Å². The minimum absolute atomic E-state index is 0.116. The fraction of sp³-hybridized carbons (Fsp3) is 0.391. The molecule has 0 saturated heterocycles. The molecule has 0 aliphatic heterocycles. The molecule has 6 heteroatoms. The van der Waals surface area contributed by atoms with E-state index in [9.17, 15) is 9.59 Å². The smallest absolute Gasteiger partial charge is 0.256 e. The van der Waals surface area contributed by atoms with E-state index in [1.165, 1.54) is 31.0 Å². The van der Waals surface area contributed by atoms with Crippen molar-refractivity contribution < 1.29 is 14.3 Å². The van der Waals surface area contributed by atoms with Gasteiger partial charge in [-0.1, -0.05) is 37.5 Å². The van der Waals surface area contributed by atoms with Gasteiger partial charge in [0.1, 0.15) is 5.75 Å². The summed E-state index contributed by atoms with van der Waals surface area (Å²) >= 11 is 1.42. The number of ether oxygens (including phenoxy) is 1. The summed E-state index contributed by atoms with van der Waals surface area (Å²) in [5, 5.41) is 2.91. The summed E-state index contributed by atoms with van der Waals surface area (Å²) in [4.78, 5) is 28.1. The van der Waals surface area contributed by atoms with Crippen LogP contribution in [0.2, 0.25) is 0 Å². The molecule has 0 unspecified atom stereocenters. The highest BCUT2D eigenvalue weighted by molar-refractivity contribution is 8.00. The highest BCUT2D eigenvalue weighted by Gasteiger charge is 2.22. The van der Waals surface area contributed by atoms with Gasteiger partial charge in [-0.05, 0) is 37.1 Å². The molecule has 0 radical (unpaired) electrons. The number of anilines is 1. The van der Waals surface area contributed by atoms with E-state index in [4.69, 9.17) is 4.74 Å². The lowest BCUT2D eigenvalue weighted by Gasteiger charge is -2.31. The molecule has 1 saturated carbocycles. The van der Waals surface area contributed by atoms with Crippen LogP contribution in [0.4, 0.5) is 5.69 Å². The number of benzene rings is 2. The molecule has 1 aliphatic rings. The third-order valence-corrected chi connectivity index (χ3v) is 6.38. The molecule has 1 fully saturated rings. The van der Waals surface area contributed by atoms with Crippen LogP contribution in [0.5, 0.6) is 5.75 Å². The van der Waals surface area contributed by atoms with Crippen LogP contribution < -0.4 is 10.1 Å². The lowest BCUT2D eigenvalue weighted by atomic mass is 9.94. The molecule has 2 aromatic rings. The minimum Gasteiger partial charge on any atom is -0.497 e. The lowest BCUT2D eigenvalue weighted by Crippen LogP contribution is -2.39. The molecule has 3 rings (SSSR count). The van der Waals surface area contributed by atoms with Gasteiger partial charge in [-0.2, -0.15) is 0 Å². The first-order valence-corrected chi connectivity index (χ1v) is 11.0. The van der Waals surface area contributed by atoms with E-state index in [0.29, 0.717) is 28.8 Å². The van der Waals surface area contributed by atoms with Gasteiger partial charge in [0.25, 0.3) is 5.91 Å². The van der Waals surface area contributed by atoms with Crippen LogP contribution in [-0.2, 0) is 4.79 Å². The highest BCUT2D eigenvalue weighted by Crippen LogP contribution is 2.26. The van der Waals surface area contributed by atoms with Crippen LogP contribution in [0.1, 0.15) is 42.5 Å². The number of carbonyl (C=O) groups excluding carboxylic acids is 2. The van der Waals surface area contributed by atoms with Gasteiger partial charge in [-0.3, -0.25) is 9.59 Å². The highest BCUT2D eigenvalue weighted by atomic mass is 32.2. The van der Waals surface area contributed by atoms with Crippen molar-refractivity contribution in [2.75, 3.05) is 25.2 Å². The van der Waals surface area contributed by atoms with Crippen molar-refractivity contribution in [3.8, 4) is 5.75 Å². The SMILES string of the molecule is COc1cccc(NC(=O)c2ccccc2SCC(=O)N(C)C2CCCCC2)c1. The average molecular weight is 413 g/mol. The van der Waals surface area contributed by atoms with Crippen LogP contribution in [-0.4, -0.2) is 42.7 Å². The Bertz CT molecular complexity index is 850. The topological polar surface area (TPSA) is 58.6 Å². The first-order chi connectivity index (χ1) is 14.1. The van der Waals surface area contributed by atoms with E-state index < -0.39 is 0 Å². The Morgan fingerprint density at radius 1 is 1.10 bits per heavy atom. The van der Waals surface area contributed by atoms with Gasteiger partial charge in [0, 0.05) is 29.7 Å². The van der Waals surface area contributed by atoms with E-state index in [1.54, 1.807) is 19.2 Å². The Balaban J connectivity index is 1.63. The quantitative estimate of drug-likeness (QED) is 0.662. The Kier molecular flexibility index (Phi) is 7.58. The lowest BCUT2D eigenvalue weighted by molar-refractivity contribution is -0.129. The summed E-state index contributed by atoms with van der Waals surface area (Å²) in [5.41, 5.74) is 1.23. The summed E-state index contributed by atoms with van der Waals surface area (Å²) in [6.45, 7) is 0. The summed E-state index contributed by atoms with van der Waals surface area (Å²) < 4.78 is 5.21. The molecule has 154 valence electrons. The number of rotatable bonds is 7. The van der Waals surface area contributed by atoms with Crippen LogP contribution in [0.25, 0.3) is 0 Å². The molecule has 0 heterocycles. The number of hydrogen-bond acceptors (Lipinski definition) is 4. The molecule has 2 amide bonds. The number of amides is 2. The van der Waals surface area contributed by atoms with Crippen molar-refractivity contribution in [3.05, 3.63) is 54.1 Å². The van der Waals surface area contributed by atoms with Gasteiger partial charge >= 0.3 is 0 Å². The fourth-order valence-corrected chi connectivity index (χ4v) is 4.57. The van der Waals surface area contributed by atoms with Crippen molar-refractivity contribution >= 4 is 29.3 Å². The summed E-state index contributed by atoms with van der Waals surface area (Å²) in [6, 6.07) is 15.0. The zero-order valence-electron chi connectivity index (χ0n) is 17.0. The predicted molar refractivity (Wildman–Crippen MR) is 118 cm³/mol. The van der Waals surface area contributed by atoms with Crippen molar-refractivity contribution in [2.45, 2.75) is 43.0 Å². The van der Waals surface area contributed by atoms with Gasteiger partial charge in [0.05, 0.1) is 18.4 Å². The normalized spacial score (nSPS) is 14.3. The monoisotopic (exact) mass is 412 g/mol. The molecule has 1 N–H and O–H groups in total. The molecule has 0 aromatic heterocycles. The van der Waals surface area contributed by atoms with Crippen molar-refractivity contribution in [1.82, 2.24) is 4.90 Å². The van der Waals surface area contributed by atoms with Gasteiger partial charge in [0.2, 0.25) is 5.91 Å². The first-order valence-electron chi connectivity index (χ1n) is 10.0. The zero-order valence-corrected chi connectivity index (χ0v) is 17.8. The third kappa shape index (κ3) is 5.76. The van der Waals surface area contributed by atoms with E-state index in [2.05, 4.69) is 5.32 Å². The largest absolute Gasteiger partial charge is 0.497 e. The van der Waals surface area contributed by atoms with Crippen LogP contribution in [0.3, 0.4) is 0 Å². The Hall–Kier alpha value is -2.47. The van der Waals surface area contributed by atoms with Gasteiger partial charge in [-0.25, -0.2) is 0 Å². The summed E-state index contributed by atoms with van der Waals surface area (Å²) in [6.07, 6.45) is 5.84. The molecule has 0 atom stereocenters. The van der Waals surface area contributed by atoms with Crippen LogP contribution in [0, 0.1) is 0 Å². The second kappa shape index (κ2) is 10.3. The van der Waals surface area contributed by atoms with Crippen molar-refractivity contribution in [1.29, 1.82) is 0 Å². The molecule has 0 spiro atoms. The van der Waals surface area contributed by atoms with Gasteiger partial charge in [0.15, 0.2) is 0 Å². The molecule has 0 bridgehead atoms. The summed E-state index contributed by atoms with van der Waals surface area (Å²) in [5.74, 6) is 0.928. The molecular weight excluding hydrogens is 384 g/mol. The van der Waals surface area contributed by atoms with E-state index >= 15 is 0 Å². The number of nitrogens with one attached hydrogen (secondary N) is 1. The maximum Gasteiger partial charge on any atom is 0.256 e. The van der Waals surface area contributed by atoms with Crippen LogP contribution >= 0.6 is 11.8 Å². The molecule has 1 aliphatic carbocycles. The second-order valence-corrected chi connectivity index (χ2v) is 8.28. The molecular formula is C23H28N2O3S. The Morgan fingerprint density at radius 3 is 2.62 bits per heavy atom. The number of nitrogens with zero attached hydrogens (tertiary/aromatic N) is 1. The number of carbonyl (C=O) groups is 2. The predicted octanol–water partition coefficient (Wildman–Crippen LogP) is 4.83. The van der Waals surface area contributed by atoms with E-state index in [-0.39, 0.29) is 11.8 Å². The van der Waals surface area contributed by atoms with Crippen molar-refractivity contribution in [2.24, 2.45) is 0 Å². The summed E-state index contributed by atoms with van der Waals surface area (Å²) in [7, 11) is 3.49. The second-order valence-electron chi connectivity index (χ2n) is 7.27. The Labute approximate surface area is 176 Å². The average Bonchev–Trinajstić information content (AvgIpc) is 2.77. The fourth-order valence-electron chi connectivity index (χ4n) is 3.59. The maximum atomic E-state index is 12.8. The Morgan fingerprint density at radius 2 is 1.86 bits per heavy atom. The minimum atomic E-state index is -0.200. The standard InChI is InChI=1S/C23H28N2O3S/c1-25(18-10-4-3-5-11-18)22(26)16-29-21-14-7-6-13-20(21)23(27)24-17-9-8-12-19(15-17)28-2/h6-9,12-15,18H,3-5,10-11,16H2,1-2H3,(H,24,27). The molecule has 5 nitrogen and oxygen atoms in total. The van der Waals surface area contributed by atoms with E-state index in [0.717, 1.165) is 17.7 Å². The van der Waals surface area contributed by atoms with Crippen molar-refractivity contribution in [3.63, 3.8) is 0 Å². The maximum absolute atomic E-state index is 12.8. The third-order valence-electron chi connectivity index (χ3n) is 5.33. The number of thioether (sulfide) groups is 1. The number of hydrogen-bond donors (Lipinski definition) is 1. The van der Waals surface area contributed by atoms with E-state index in [1.807, 2.05) is 48.3 Å². The first kappa shape index (κ1) is 21.2. The molecule has 2 aromatic carbocycles. The number of methoxy groups -OCH3 is 1. The zero-order chi connectivity index (χ0) is 20.6. The van der Waals surface area contributed by atoms with Gasteiger partial charge < -0.3 is 15.0 Å². The molecule has 29 heavy (non-hydrogen) atoms. The van der Waals surface area contributed by atoms with Crippen LogP contribution in [0.15, 0.2) is 53.4 Å².